The fourth-order valence-corrected chi connectivity index (χ4v) is 5.92. The maximum absolute atomic E-state index is 11.8. The van der Waals surface area contributed by atoms with Gasteiger partial charge in [0.15, 0.2) is 5.82 Å². The number of H-pyrrole nitrogens is 1. The number of aromatic nitrogens is 4. The first kappa shape index (κ1) is 23.2. The number of nitrogens with zero attached hydrogens (tertiary/aromatic N) is 3. The van der Waals surface area contributed by atoms with Crippen LogP contribution in [-0.4, -0.2) is 19.7 Å². The Morgan fingerprint density at radius 2 is 1.86 bits per heavy atom. The van der Waals surface area contributed by atoms with Gasteiger partial charge in [0.2, 0.25) is 0 Å². The van der Waals surface area contributed by atoms with Crippen LogP contribution >= 0.6 is 0 Å². The Kier molecular flexibility index (Phi) is 5.48. The highest BCUT2D eigenvalue weighted by atomic mass is 16.5. The fraction of sp³-hybridized carbons (Fsp3) is 0.258. The maximum Gasteiger partial charge on any atom is 0.439 e. The van der Waals surface area contributed by atoms with Crippen LogP contribution in [0.25, 0.3) is 27.9 Å². The maximum atomic E-state index is 11.8. The highest BCUT2D eigenvalue weighted by Crippen LogP contribution is 2.40. The Morgan fingerprint density at radius 3 is 2.62 bits per heavy atom. The van der Waals surface area contributed by atoms with Gasteiger partial charge >= 0.3 is 5.76 Å². The van der Waals surface area contributed by atoms with E-state index < -0.39 is 5.76 Å². The van der Waals surface area contributed by atoms with Gasteiger partial charge in [-0.05, 0) is 97.2 Å². The molecule has 1 N–H and O–H groups in total. The quantitative estimate of drug-likeness (QED) is 0.323. The van der Waals surface area contributed by atoms with E-state index in [-0.39, 0.29) is 0 Å². The molecule has 2 heterocycles. The summed E-state index contributed by atoms with van der Waals surface area (Å²) in [5.74, 6) is 0.980. The van der Waals surface area contributed by atoms with Crippen LogP contribution in [0.15, 0.2) is 57.8 Å². The molecule has 0 fully saturated rings. The number of rotatable bonds is 3. The topological polar surface area (TPSA) is 76.7 Å². The predicted molar refractivity (Wildman–Crippen MR) is 147 cm³/mol. The lowest BCUT2D eigenvalue weighted by Gasteiger charge is -2.20. The Labute approximate surface area is 215 Å². The molecule has 6 heteroatoms. The second-order valence-corrected chi connectivity index (χ2v) is 10.0. The number of aromatic amines is 1. The molecule has 0 saturated carbocycles. The average molecular weight is 491 g/mol. The van der Waals surface area contributed by atoms with Gasteiger partial charge in [-0.1, -0.05) is 48.5 Å². The smallest absolute Gasteiger partial charge is 0.296 e. The van der Waals surface area contributed by atoms with E-state index in [0.29, 0.717) is 5.82 Å². The highest BCUT2D eigenvalue weighted by molar-refractivity contribution is 5.99. The molecule has 0 radical (unpaired) electrons. The molecule has 0 saturated heterocycles. The van der Waals surface area contributed by atoms with Crippen LogP contribution in [0.5, 0.6) is 0 Å². The number of imidazole rings is 1. The molecule has 0 atom stereocenters. The van der Waals surface area contributed by atoms with Gasteiger partial charge in [-0.2, -0.15) is 0 Å². The van der Waals surface area contributed by atoms with Crippen molar-refractivity contribution in [2.45, 2.75) is 53.9 Å². The van der Waals surface area contributed by atoms with Crippen molar-refractivity contribution in [2.75, 3.05) is 0 Å². The summed E-state index contributed by atoms with van der Waals surface area (Å²) in [4.78, 5) is 19.6. The zero-order valence-electron chi connectivity index (χ0n) is 21.9. The van der Waals surface area contributed by atoms with Crippen molar-refractivity contribution < 1.29 is 4.52 Å². The molecule has 0 bridgehead atoms. The number of benzene rings is 3. The summed E-state index contributed by atoms with van der Waals surface area (Å²) >= 11 is 0. The third-order valence-electron chi connectivity index (χ3n) is 7.66. The monoisotopic (exact) mass is 490 g/mol. The summed E-state index contributed by atoms with van der Waals surface area (Å²) in [5, 5.41) is 4.01. The summed E-state index contributed by atoms with van der Waals surface area (Å²) in [7, 11) is 0. The first-order valence-corrected chi connectivity index (χ1v) is 12.8. The van der Waals surface area contributed by atoms with Crippen LogP contribution in [-0.2, 0) is 19.3 Å². The largest absolute Gasteiger partial charge is 0.439 e. The minimum Gasteiger partial charge on any atom is -0.296 e. The lowest BCUT2D eigenvalue weighted by Crippen LogP contribution is -2.07. The molecular formula is C31H30N4O2. The minimum absolute atomic E-state index is 0.462. The number of aryl methyl sites for hydroxylation is 4. The Hall–Kier alpha value is -4.19. The standard InChI is InChI=1S/C31H30N4O2/c1-6-27-32-29-18(3)15-17(2)16-26(29)35(27)25-14-13-24-22(19(25)4)12-11-21-9-7-8-10-23(21)28(24)20(5)30-33-31(36)37-34-30/h7-10,13-16H,6,11-12H2,1-5H3,(H,33,34,36)/b28-20+. The van der Waals surface area contributed by atoms with Crippen molar-refractivity contribution >= 4 is 22.2 Å². The second kappa shape index (κ2) is 8.73. The summed E-state index contributed by atoms with van der Waals surface area (Å²) in [6.45, 7) is 10.7. The van der Waals surface area contributed by atoms with E-state index in [9.17, 15) is 4.79 Å². The van der Waals surface area contributed by atoms with Gasteiger partial charge in [0.1, 0.15) is 5.82 Å². The number of fused-ring (bicyclic) bond motifs is 3. The molecule has 0 unspecified atom stereocenters. The third kappa shape index (κ3) is 3.67. The first-order chi connectivity index (χ1) is 17.9. The van der Waals surface area contributed by atoms with Gasteiger partial charge < -0.3 is 0 Å². The van der Waals surface area contributed by atoms with Gasteiger partial charge in [-0.3, -0.25) is 14.1 Å². The molecule has 3 aromatic carbocycles. The minimum atomic E-state index is -0.548. The van der Waals surface area contributed by atoms with E-state index >= 15 is 0 Å². The molecule has 1 aliphatic rings. The summed E-state index contributed by atoms with van der Waals surface area (Å²) < 4.78 is 7.20. The van der Waals surface area contributed by atoms with Crippen molar-refractivity contribution in [3.8, 4) is 5.69 Å². The lowest BCUT2D eigenvalue weighted by atomic mass is 9.88. The third-order valence-corrected chi connectivity index (χ3v) is 7.66. The number of allylic oxidation sites excluding steroid dienone is 1. The van der Waals surface area contributed by atoms with Crippen LogP contribution in [0, 0.1) is 20.8 Å². The molecular weight excluding hydrogens is 460 g/mol. The van der Waals surface area contributed by atoms with Gasteiger partial charge in [0.05, 0.1) is 16.7 Å². The average Bonchev–Trinajstić information content (AvgIpc) is 3.43. The first-order valence-electron chi connectivity index (χ1n) is 12.8. The Morgan fingerprint density at radius 1 is 1.05 bits per heavy atom. The number of hydrogen-bond donors (Lipinski definition) is 1. The van der Waals surface area contributed by atoms with E-state index in [4.69, 9.17) is 9.51 Å². The normalized spacial score (nSPS) is 14.4. The predicted octanol–water partition coefficient (Wildman–Crippen LogP) is 6.27. The second-order valence-electron chi connectivity index (χ2n) is 10.0. The van der Waals surface area contributed by atoms with Crippen molar-refractivity contribution in [3.63, 3.8) is 0 Å². The number of nitrogens with one attached hydrogen (secondary N) is 1. The van der Waals surface area contributed by atoms with Crippen molar-refractivity contribution in [3.05, 3.63) is 110 Å². The molecule has 5 aromatic rings. The van der Waals surface area contributed by atoms with E-state index in [0.717, 1.165) is 47.3 Å². The van der Waals surface area contributed by atoms with Gasteiger partial charge in [0, 0.05) is 12.0 Å². The van der Waals surface area contributed by atoms with Crippen LogP contribution in [0.3, 0.4) is 0 Å². The van der Waals surface area contributed by atoms with Crippen molar-refractivity contribution in [1.82, 2.24) is 19.7 Å². The van der Waals surface area contributed by atoms with Crippen LogP contribution in [0.4, 0.5) is 0 Å². The van der Waals surface area contributed by atoms with Gasteiger partial charge in [0.25, 0.3) is 0 Å². The number of hydrogen-bond acceptors (Lipinski definition) is 4. The molecule has 0 spiro atoms. The van der Waals surface area contributed by atoms with Gasteiger partial charge in [-0.25, -0.2) is 9.78 Å². The lowest BCUT2D eigenvalue weighted by molar-refractivity contribution is 0.385. The molecule has 186 valence electrons. The summed E-state index contributed by atoms with van der Waals surface area (Å²) in [5.41, 5.74) is 14.0. The van der Waals surface area contributed by atoms with E-state index in [1.54, 1.807) is 0 Å². The zero-order chi connectivity index (χ0) is 25.8. The van der Waals surface area contributed by atoms with Crippen LogP contribution < -0.4 is 5.76 Å². The molecule has 37 heavy (non-hydrogen) atoms. The van der Waals surface area contributed by atoms with Crippen LogP contribution in [0.2, 0.25) is 0 Å². The summed E-state index contributed by atoms with van der Waals surface area (Å²) in [6, 6.07) is 17.4. The molecule has 6 rings (SSSR count). The van der Waals surface area contributed by atoms with Crippen molar-refractivity contribution in [1.29, 1.82) is 0 Å². The summed E-state index contributed by atoms with van der Waals surface area (Å²) in [6.07, 6.45) is 2.70. The zero-order valence-corrected chi connectivity index (χ0v) is 21.9. The fourth-order valence-electron chi connectivity index (χ4n) is 5.92. The van der Waals surface area contributed by atoms with Crippen LogP contribution in [0.1, 0.15) is 64.4 Å². The van der Waals surface area contributed by atoms with Gasteiger partial charge in [-0.15, -0.1) is 0 Å². The Balaban J connectivity index is 1.64. The Bertz CT molecular complexity index is 1780. The van der Waals surface area contributed by atoms with E-state index in [2.05, 4.69) is 90.9 Å². The molecule has 2 aromatic heterocycles. The molecule has 6 nitrogen and oxygen atoms in total. The molecule has 1 aliphatic carbocycles. The van der Waals surface area contributed by atoms with E-state index in [1.165, 1.54) is 44.6 Å². The molecule has 0 aliphatic heterocycles. The van der Waals surface area contributed by atoms with E-state index in [1.807, 2.05) is 6.92 Å². The SMILES string of the molecule is CCc1nc2c(C)cc(C)cc2n1-c1ccc2c(c1C)CCc1ccccc1/C2=C(/C)c1noc(=O)[nH]1. The molecule has 0 amide bonds. The highest BCUT2D eigenvalue weighted by Gasteiger charge is 2.25. The van der Waals surface area contributed by atoms with Crippen molar-refractivity contribution in [2.24, 2.45) is 0 Å².